The lowest BCUT2D eigenvalue weighted by atomic mass is 9.95. The number of aromatic amines is 1. The van der Waals surface area contributed by atoms with Crippen molar-refractivity contribution in [1.29, 1.82) is 0 Å². The fourth-order valence-corrected chi connectivity index (χ4v) is 5.93. The SMILES string of the molecule is CNC(=O)c1[nH]ncc1CNc1ccccc1C(O)c1cccc2ccccc12.Nc1ccccc1C(O)c1cccc2ccccc12. The minimum atomic E-state index is -0.785. The van der Waals surface area contributed by atoms with E-state index in [9.17, 15) is 15.0 Å². The van der Waals surface area contributed by atoms with Gasteiger partial charge in [0, 0.05) is 41.7 Å². The number of nitrogen functional groups attached to an aromatic ring is 1. The van der Waals surface area contributed by atoms with Gasteiger partial charge in [-0.15, -0.1) is 0 Å². The summed E-state index contributed by atoms with van der Waals surface area (Å²) >= 11 is 0. The molecule has 0 aliphatic rings. The van der Waals surface area contributed by atoms with E-state index in [1.54, 1.807) is 13.2 Å². The molecule has 1 aromatic heterocycles. The minimum Gasteiger partial charge on any atom is -0.398 e. The lowest BCUT2D eigenvalue weighted by molar-refractivity contribution is 0.0957. The Morgan fingerprint density at radius 3 is 1.81 bits per heavy atom. The molecule has 7 N–H and O–H groups in total. The molecule has 48 heavy (non-hydrogen) atoms. The molecule has 6 aromatic carbocycles. The molecule has 240 valence electrons. The van der Waals surface area contributed by atoms with Crippen LogP contribution in [0.2, 0.25) is 0 Å². The summed E-state index contributed by atoms with van der Waals surface area (Å²) in [4.78, 5) is 11.9. The van der Waals surface area contributed by atoms with Crippen molar-refractivity contribution < 1.29 is 15.0 Å². The van der Waals surface area contributed by atoms with Crippen LogP contribution in [0.3, 0.4) is 0 Å². The molecule has 2 atom stereocenters. The number of benzene rings is 6. The second-order valence-corrected chi connectivity index (χ2v) is 11.4. The second kappa shape index (κ2) is 14.6. The summed E-state index contributed by atoms with van der Waals surface area (Å²) in [6.07, 6.45) is 0.140. The van der Waals surface area contributed by atoms with Crippen LogP contribution in [0.1, 0.15) is 50.5 Å². The van der Waals surface area contributed by atoms with Gasteiger partial charge >= 0.3 is 0 Å². The first-order valence-corrected chi connectivity index (χ1v) is 15.7. The summed E-state index contributed by atoms with van der Waals surface area (Å²) in [6.45, 7) is 0.401. The maximum atomic E-state index is 11.9. The normalized spacial score (nSPS) is 12.1. The number of hydrogen-bond acceptors (Lipinski definition) is 6. The van der Waals surface area contributed by atoms with Crippen molar-refractivity contribution in [1.82, 2.24) is 15.5 Å². The van der Waals surface area contributed by atoms with Gasteiger partial charge in [-0.3, -0.25) is 9.89 Å². The maximum absolute atomic E-state index is 11.9. The van der Waals surface area contributed by atoms with Crippen molar-refractivity contribution in [3.05, 3.63) is 173 Å². The maximum Gasteiger partial charge on any atom is 0.269 e. The van der Waals surface area contributed by atoms with Gasteiger partial charge in [0.15, 0.2) is 0 Å². The third kappa shape index (κ3) is 6.76. The molecular formula is C40H37N5O3. The average Bonchev–Trinajstić information content (AvgIpc) is 3.62. The number of carbonyl (C=O) groups excluding carboxylic acids is 1. The van der Waals surface area contributed by atoms with E-state index in [0.29, 0.717) is 17.9 Å². The Balaban J connectivity index is 0.000000182. The first-order valence-electron chi connectivity index (χ1n) is 15.7. The Labute approximate surface area is 278 Å². The van der Waals surface area contributed by atoms with E-state index >= 15 is 0 Å². The number of nitrogens with zero attached hydrogens (tertiary/aromatic N) is 1. The summed E-state index contributed by atoms with van der Waals surface area (Å²) in [5, 5.41) is 38.7. The van der Waals surface area contributed by atoms with Crippen molar-refractivity contribution in [3.63, 3.8) is 0 Å². The van der Waals surface area contributed by atoms with Gasteiger partial charge in [0.1, 0.15) is 17.9 Å². The number of nitrogens with one attached hydrogen (secondary N) is 3. The number of carbonyl (C=O) groups is 1. The van der Waals surface area contributed by atoms with E-state index < -0.39 is 12.2 Å². The molecule has 1 heterocycles. The van der Waals surface area contributed by atoms with Crippen LogP contribution in [0.15, 0.2) is 140 Å². The van der Waals surface area contributed by atoms with E-state index in [1.165, 1.54) is 0 Å². The Bertz CT molecular complexity index is 2170. The summed E-state index contributed by atoms with van der Waals surface area (Å²) in [5.74, 6) is -0.219. The Morgan fingerprint density at radius 1 is 0.688 bits per heavy atom. The third-order valence-electron chi connectivity index (χ3n) is 8.42. The first-order chi connectivity index (χ1) is 23.5. The molecule has 0 spiro atoms. The lowest BCUT2D eigenvalue weighted by Gasteiger charge is -2.19. The van der Waals surface area contributed by atoms with Crippen LogP contribution in [-0.2, 0) is 6.54 Å². The zero-order valence-electron chi connectivity index (χ0n) is 26.5. The van der Waals surface area contributed by atoms with Gasteiger partial charge in [-0.05, 0) is 44.8 Å². The standard InChI is InChI=1S/C23H22N4O2.C17H15NO/c1-24-23(29)21-16(14-26-27-21)13-25-20-12-5-4-10-19(20)22(28)18-11-6-8-15-7-2-3-9-17(15)18;18-16-11-4-3-9-15(16)17(19)14-10-5-7-12-6-1-2-8-13(12)14/h2-12,14,22,25,28H,13H2,1H3,(H,24,29)(H,26,27);1-11,17,19H,18H2. The zero-order valence-corrected chi connectivity index (χ0v) is 26.5. The molecule has 8 heteroatoms. The van der Waals surface area contributed by atoms with Gasteiger partial charge in [-0.2, -0.15) is 5.10 Å². The van der Waals surface area contributed by atoms with E-state index in [4.69, 9.17) is 5.73 Å². The molecule has 7 aromatic rings. The van der Waals surface area contributed by atoms with Gasteiger partial charge in [0.05, 0.1) is 6.20 Å². The van der Waals surface area contributed by atoms with Crippen LogP contribution in [0, 0.1) is 0 Å². The van der Waals surface area contributed by atoms with Crippen LogP contribution >= 0.6 is 0 Å². The number of aromatic nitrogens is 2. The van der Waals surface area contributed by atoms with Gasteiger partial charge in [-0.1, -0.05) is 121 Å². The molecule has 7 rings (SSSR count). The molecule has 8 nitrogen and oxygen atoms in total. The topological polar surface area (TPSA) is 136 Å². The molecule has 0 aliphatic heterocycles. The smallest absolute Gasteiger partial charge is 0.269 e. The molecule has 0 fully saturated rings. The second-order valence-electron chi connectivity index (χ2n) is 11.4. The van der Waals surface area contributed by atoms with Crippen LogP contribution in [0.4, 0.5) is 11.4 Å². The van der Waals surface area contributed by atoms with Gasteiger partial charge in [0.2, 0.25) is 0 Å². The first kappa shape index (κ1) is 32.0. The number of hydrogen-bond donors (Lipinski definition) is 6. The molecule has 2 unspecified atom stereocenters. The summed E-state index contributed by atoms with van der Waals surface area (Å²) < 4.78 is 0. The van der Waals surface area contributed by atoms with E-state index in [-0.39, 0.29) is 5.91 Å². The minimum absolute atomic E-state index is 0.219. The molecule has 0 saturated carbocycles. The fourth-order valence-electron chi connectivity index (χ4n) is 5.93. The largest absolute Gasteiger partial charge is 0.398 e. The molecule has 0 aliphatic carbocycles. The third-order valence-corrected chi connectivity index (χ3v) is 8.42. The highest BCUT2D eigenvalue weighted by Crippen LogP contribution is 2.33. The van der Waals surface area contributed by atoms with Crippen LogP contribution in [0.5, 0.6) is 0 Å². The number of para-hydroxylation sites is 2. The summed E-state index contributed by atoms with van der Waals surface area (Å²) in [6, 6.07) is 43.0. The fraction of sp³-hybridized carbons (Fsp3) is 0.100. The monoisotopic (exact) mass is 635 g/mol. The molecule has 0 saturated heterocycles. The predicted octanol–water partition coefficient (Wildman–Crippen LogP) is 7.12. The highest BCUT2D eigenvalue weighted by atomic mass is 16.3. The van der Waals surface area contributed by atoms with E-state index in [2.05, 4.69) is 20.8 Å². The van der Waals surface area contributed by atoms with Crippen molar-refractivity contribution in [2.75, 3.05) is 18.1 Å². The number of nitrogens with two attached hydrogens (primary N) is 1. The molecular weight excluding hydrogens is 598 g/mol. The Morgan fingerprint density at radius 2 is 1.19 bits per heavy atom. The molecule has 1 amide bonds. The zero-order chi connectivity index (χ0) is 33.5. The quantitative estimate of drug-likeness (QED) is 0.0985. The van der Waals surface area contributed by atoms with Gasteiger partial charge < -0.3 is 26.6 Å². The number of aliphatic hydroxyl groups excluding tert-OH is 2. The predicted molar refractivity (Wildman–Crippen MR) is 193 cm³/mol. The number of rotatable bonds is 8. The number of H-pyrrole nitrogens is 1. The Kier molecular flexibility index (Phi) is 9.76. The lowest BCUT2D eigenvalue weighted by Crippen LogP contribution is -2.20. The summed E-state index contributed by atoms with van der Waals surface area (Å²) in [5.41, 5.74) is 11.8. The van der Waals surface area contributed by atoms with E-state index in [1.807, 2.05) is 133 Å². The van der Waals surface area contributed by atoms with E-state index in [0.717, 1.165) is 55.0 Å². The van der Waals surface area contributed by atoms with Gasteiger partial charge in [0.25, 0.3) is 5.91 Å². The van der Waals surface area contributed by atoms with Crippen molar-refractivity contribution in [3.8, 4) is 0 Å². The highest BCUT2D eigenvalue weighted by Gasteiger charge is 2.18. The number of amides is 1. The number of fused-ring (bicyclic) bond motifs is 2. The van der Waals surface area contributed by atoms with Crippen LogP contribution in [-0.4, -0.2) is 33.4 Å². The highest BCUT2D eigenvalue weighted by molar-refractivity contribution is 5.93. The number of anilines is 2. The van der Waals surface area contributed by atoms with Gasteiger partial charge in [-0.25, -0.2) is 0 Å². The van der Waals surface area contributed by atoms with Crippen molar-refractivity contribution in [2.45, 2.75) is 18.8 Å². The molecule has 0 bridgehead atoms. The van der Waals surface area contributed by atoms with Crippen LogP contribution in [0.25, 0.3) is 21.5 Å². The Hall–Kier alpha value is -5.96. The average molecular weight is 636 g/mol. The van der Waals surface area contributed by atoms with Crippen molar-refractivity contribution >= 4 is 38.8 Å². The summed E-state index contributed by atoms with van der Waals surface area (Å²) in [7, 11) is 1.58. The van der Waals surface area contributed by atoms with Crippen molar-refractivity contribution in [2.24, 2.45) is 0 Å². The molecule has 0 radical (unpaired) electrons. The van der Waals surface area contributed by atoms with Crippen LogP contribution < -0.4 is 16.4 Å². The number of aliphatic hydroxyl groups is 2.